The molecular formula is C26H26ClN5O2. The number of anilines is 2. The fourth-order valence-electron chi connectivity index (χ4n) is 4.63. The first-order chi connectivity index (χ1) is 16.6. The molecule has 2 amide bonds. The van der Waals surface area contributed by atoms with Crippen LogP contribution >= 0.6 is 11.6 Å². The minimum absolute atomic E-state index is 0.0331. The van der Waals surface area contributed by atoms with Crippen LogP contribution in [0.3, 0.4) is 0 Å². The van der Waals surface area contributed by atoms with Crippen molar-refractivity contribution in [1.29, 1.82) is 0 Å². The van der Waals surface area contributed by atoms with Crippen molar-refractivity contribution in [2.75, 3.05) is 36.4 Å². The van der Waals surface area contributed by atoms with Gasteiger partial charge in [0.2, 0.25) is 5.91 Å². The molecule has 0 spiro atoms. The third kappa shape index (κ3) is 4.89. The maximum atomic E-state index is 12.7. The second kappa shape index (κ2) is 9.81. The van der Waals surface area contributed by atoms with Gasteiger partial charge < -0.3 is 15.1 Å². The lowest BCUT2D eigenvalue weighted by molar-refractivity contribution is -0.120. The van der Waals surface area contributed by atoms with Gasteiger partial charge in [-0.1, -0.05) is 29.8 Å². The van der Waals surface area contributed by atoms with E-state index in [9.17, 15) is 9.59 Å². The van der Waals surface area contributed by atoms with Crippen molar-refractivity contribution in [3.63, 3.8) is 0 Å². The highest BCUT2D eigenvalue weighted by Crippen LogP contribution is 2.30. The Kier molecular flexibility index (Phi) is 6.45. The molecule has 2 aromatic carbocycles. The van der Waals surface area contributed by atoms with E-state index in [1.54, 1.807) is 24.5 Å². The lowest BCUT2D eigenvalue weighted by atomic mass is 9.89. The van der Waals surface area contributed by atoms with Gasteiger partial charge in [-0.3, -0.25) is 9.59 Å². The zero-order valence-electron chi connectivity index (χ0n) is 18.7. The van der Waals surface area contributed by atoms with E-state index in [0.29, 0.717) is 29.6 Å². The maximum absolute atomic E-state index is 12.7. The van der Waals surface area contributed by atoms with Crippen LogP contribution in [0.1, 0.15) is 34.7 Å². The second-order valence-electron chi connectivity index (χ2n) is 8.89. The zero-order valence-corrected chi connectivity index (χ0v) is 19.5. The number of amides is 2. The van der Waals surface area contributed by atoms with Crippen molar-refractivity contribution in [2.24, 2.45) is 5.92 Å². The van der Waals surface area contributed by atoms with Crippen LogP contribution in [0.4, 0.5) is 11.4 Å². The first-order valence-electron chi connectivity index (χ1n) is 11.5. The molecule has 0 bridgehead atoms. The molecule has 1 aromatic heterocycles. The van der Waals surface area contributed by atoms with E-state index >= 15 is 0 Å². The number of nitrogens with one attached hydrogen (secondary N) is 1. The number of piperidine rings is 1. The van der Waals surface area contributed by atoms with E-state index in [1.165, 1.54) is 5.56 Å². The zero-order chi connectivity index (χ0) is 23.5. The fourth-order valence-corrected chi connectivity index (χ4v) is 4.82. The Hall–Kier alpha value is -3.45. The highest BCUT2D eigenvalue weighted by molar-refractivity contribution is 6.30. The molecule has 0 aliphatic carbocycles. The fraction of sp³-hybridized carbons (Fsp3) is 0.308. The molecule has 7 nitrogen and oxygen atoms in total. The third-order valence-corrected chi connectivity index (χ3v) is 6.92. The highest BCUT2D eigenvalue weighted by atomic mass is 35.5. The molecule has 0 radical (unpaired) electrons. The molecule has 2 aliphatic heterocycles. The summed E-state index contributed by atoms with van der Waals surface area (Å²) in [7, 11) is 0. The van der Waals surface area contributed by atoms with Crippen molar-refractivity contribution < 1.29 is 9.59 Å². The summed E-state index contributed by atoms with van der Waals surface area (Å²) in [6.45, 7) is 2.81. The minimum Gasteiger partial charge on any atom is -0.368 e. The first-order valence-corrected chi connectivity index (χ1v) is 11.9. The number of carbonyl (C=O) groups is 2. The SMILES string of the molecule is O=C(Nc1ccc(C2CCN(C(=O)c3cccc(Cl)c3)CC2)cc1)C1CN(c2ccnnc2)C1. The summed E-state index contributed by atoms with van der Waals surface area (Å²) in [4.78, 5) is 29.4. The van der Waals surface area contributed by atoms with Gasteiger partial charge in [-0.15, -0.1) is 0 Å². The summed E-state index contributed by atoms with van der Waals surface area (Å²) in [5.41, 5.74) is 3.68. The number of rotatable bonds is 5. The summed E-state index contributed by atoms with van der Waals surface area (Å²) >= 11 is 6.03. The Bertz CT molecular complexity index is 1160. The Labute approximate surface area is 203 Å². The van der Waals surface area contributed by atoms with Crippen molar-refractivity contribution >= 4 is 34.8 Å². The lowest BCUT2D eigenvalue weighted by Gasteiger charge is -2.39. The average Bonchev–Trinajstić information content (AvgIpc) is 2.84. The molecule has 5 rings (SSSR count). The van der Waals surface area contributed by atoms with E-state index in [4.69, 9.17) is 11.6 Å². The number of hydrogen-bond donors (Lipinski definition) is 1. The Morgan fingerprint density at radius 3 is 2.41 bits per heavy atom. The van der Waals surface area contributed by atoms with Crippen molar-refractivity contribution in [2.45, 2.75) is 18.8 Å². The number of carbonyl (C=O) groups excluding carboxylic acids is 2. The van der Waals surface area contributed by atoms with E-state index in [2.05, 4.69) is 32.5 Å². The number of nitrogens with zero attached hydrogens (tertiary/aromatic N) is 4. The van der Waals surface area contributed by atoms with E-state index in [1.807, 2.05) is 35.2 Å². The van der Waals surface area contributed by atoms with E-state index in [0.717, 1.165) is 37.3 Å². The molecule has 1 N–H and O–H groups in total. The van der Waals surface area contributed by atoms with Gasteiger partial charge >= 0.3 is 0 Å². The van der Waals surface area contributed by atoms with Crippen LogP contribution in [0.2, 0.25) is 5.02 Å². The molecule has 3 aromatic rings. The predicted octanol–water partition coefficient (Wildman–Crippen LogP) is 4.22. The summed E-state index contributed by atoms with van der Waals surface area (Å²) in [6, 6.07) is 17.1. The number of aromatic nitrogens is 2. The number of benzene rings is 2. The molecule has 3 heterocycles. The van der Waals surface area contributed by atoms with Crippen LogP contribution in [0, 0.1) is 5.92 Å². The largest absolute Gasteiger partial charge is 0.368 e. The second-order valence-corrected chi connectivity index (χ2v) is 9.33. The molecule has 0 atom stereocenters. The third-order valence-electron chi connectivity index (χ3n) is 6.69. The topological polar surface area (TPSA) is 78.4 Å². The molecule has 0 saturated carbocycles. The van der Waals surface area contributed by atoms with Gasteiger partial charge in [0.15, 0.2) is 0 Å². The number of halogens is 1. The van der Waals surface area contributed by atoms with Crippen LogP contribution in [0.15, 0.2) is 67.0 Å². The molecule has 0 unspecified atom stereocenters. The van der Waals surface area contributed by atoms with Crippen LogP contribution in [-0.2, 0) is 4.79 Å². The highest BCUT2D eigenvalue weighted by Gasteiger charge is 2.33. The minimum atomic E-state index is -0.0331. The van der Waals surface area contributed by atoms with Gasteiger partial charge in [0.1, 0.15) is 0 Å². The van der Waals surface area contributed by atoms with Crippen molar-refractivity contribution in [3.05, 3.63) is 83.1 Å². The molecule has 2 aliphatic rings. The van der Waals surface area contributed by atoms with Gasteiger partial charge in [0.05, 0.1) is 24.0 Å². The summed E-state index contributed by atoms with van der Waals surface area (Å²) in [6.07, 6.45) is 5.20. The van der Waals surface area contributed by atoms with Gasteiger partial charge in [-0.05, 0) is 60.7 Å². The maximum Gasteiger partial charge on any atom is 0.253 e. The predicted molar refractivity (Wildman–Crippen MR) is 132 cm³/mol. The van der Waals surface area contributed by atoms with Crippen molar-refractivity contribution in [1.82, 2.24) is 15.1 Å². The lowest BCUT2D eigenvalue weighted by Crippen LogP contribution is -2.52. The quantitative estimate of drug-likeness (QED) is 0.597. The molecule has 174 valence electrons. The van der Waals surface area contributed by atoms with Crippen LogP contribution in [0.5, 0.6) is 0 Å². The van der Waals surface area contributed by atoms with Gasteiger partial charge in [0.25, 0.3) is 5.91 Å². The molecule has 34 heavy (non-hydrogen) atoms. The molecular weight excluding hydrogens is 450 g/mol. The molecule has 2 fully saturated rings. The average molecular weight is 476 g/mol. The number of likely N-dealkylation sites (tertiary alicyclic amines) is 1. The molecule has 8 heteroatoms. The number of hydrogen-bond acceptors (Lipinski definition) is 5. The van der Waals surface area contributed by atoms with Gasteiger partial charge in [0, 0.05) is 42.5 Å². The van der Waals surface area contributed by atoms with Gasteiger partial charge in [-0.2, -0.15) is 10.2 Å². The molecule has 2 saturated heterocycles. The normalized spacial score (nSPS) is 16.7. The summed E-state index contributed by atoms with van der Waals surface area (Å²) in [5, 5.41) is 11.3. The van der Waals surface area contributed by atoms with Crippen LogP contribution in [-0.4, -0.2) is 53.1 Å². The smallest absolute Gasteiger partial charge is 0.253 e. The Morgan fingerprint density at radius 2 is 1.74 bits per heavy atom. The summed E-state index contributed by atoms with van der Waals surface area (Å²) in [5.74, 6) is 0.448. The first kappa shape index (κ1) is 22.3. The van der Waals surface area contributed by atoms with Gasteiger partial charge in [-0.25, -0.2) is 0 Å². The summed E-state index contributed by atoms with van der Waals surface area (Å²) < 4.78 is 0. The standard InChI is InChI=1S/C26H26ClN5O2/c27-22-3-1-2-20(14-22)26(34)31-12-9-19(10-13-31)18-4-6-23(7-5-18)30-25(33)21-16-32(17-21)24-8-11-28-29-15-24/h1-8,11,14-15,19,21H,9-10,12-13,16-17H2,(H,30,33). The monoisotopic (exact) mass is 475 g/mol. The van der Waals surface area contributed by atoms with E-state index in [-0.39, 0.29) is 17.7 Å². The Morgan fingerprint density at radius 1 is 0.971 bits per heavy atom. The van der Waals surface area contributed by atoms with E-state index < -0.39 is 0 Å². The van der Waals surface area contributed by atoms with Crippen LogP contribution in [0.25, 0.3) is 0 Å². The Balaban J connectivity index is 1.10. The van der Waals surface area contributed by atoms with Crippen LogP contribution < -0.4 is 10.2 Å². The van der Waals surface area contributed by atoms with Crippen molar-refractivity contribution in [3.8, 4) is 0 Å².